The topological polar surface area (TPSA) is 41.6 Å². The van der Waals surface area contributed by atoms with Gasteiger partial charge in [-0.3, -0.25) is 9.69 Å². The molecule has 2 aromatic carbocycles. The third-order valence-electron chi connectivity index (χ3n) is 4.71. The van der Waals surface area contributed by atoms with Gasteiger partial charge in [-0.1, -0.05) is 12.1 Å². The number of carbonyl (C=O) groups excluding carboxylic acids is 1. The minimum absolute atomic E-state index is 0.0830. The molecule has 1 unspecified atom stereocenters. The Morgan fingerprint density at radius 1 is 1.23 bits per heavy atom. The summed E-state index contributed by atoms with van der Waals surface area (Å²) in [5, 5.41) is 2.96. The Morgan fingerprint density at radius 3 is 2.58 bits per heavy atom. The van der Waals surface area contributed by atoms with Gasteiger partial charge >= 0.3 is 0 Å². The molecule has 138 valence electrons. The second-order valence-electron chi connectivity index (χ2n) is 6.37. The summed E-state index contributed by atoms with van der Waals surface area (Å²) in [7, 11) is 1.64. The van der Waals surface area contributed by atoms with Crippen molar-refractivity contribution in [3.05, 3.63) is 63.9 Å². The van der Waals surface area contributed by atoms with Gasteiger partial charge in [-0.15, -0.1) is 0 Å². The van der Waals surface area contributed by atoms with Gasteiger partial charge < -0.3 is 10.1 Å². The Bertz CT molecular complexity index is 761. The second kappa shape index (κ2) is 8.64. The summed E-state index contributed by atoms with van der Waals surface area (Å²) in [6.07, 6.45) is 2.33. The molecule has 1 amide bonds. The number of nitrogens with zero attached hydrogens (tertiary/aromatic N) is 1. The average molecular weight is 421 g/mol. The van der Waals surface area contributed by atoms with Gasteiger partial charge in [-0.25, -0.2) is 4.39 Å². The van der Waals surface area contributed by atoms with E-state index in [9.17, 15) is 9.18 Å². The van der Waals surface area contributed by atoms with E-state index in [1.807, 2.05) is 24.3 Å². The number of likely N-dealkylation sites (tertiary alicyclic amines) is 1. The van der Waals surface area contributed by atoms with Crippen molar-refractivity contribution >= 4 is 21.8 Å². The van der Waals surface area contributed by atoms with Gasteiger partial charge in [0.2, 0.25) is 0 Å². The van der Waals surface area contributed by atoms with Gasteiger partial charge in [0.15, 0.2) is 0 Å². The van der Waals surface area contributed by atoms with Crippen molar-refractivity contribution in [2.75, 3.05) is 26.7 Å². The first-order valence-corrected chi connectivity index (χ1v) is 9.49. The summed E-state index contributed by atoms with van der Waals surface area (Å²) in [5.41, 5.74) is 1.44. The minimum Gasteiger partial charge on any atom is -0.497 e. The molecule has 1 saturated heterocycles. The molecular formula is C20H22BrFN2O2. The number of methoxy groups -OCH3 is 1. The lowest BCUT2D eigenvalue weighted by Gasteiger charge is -2.28. The van der Waals surface area contributed by atoms with Gasteiger partial charge in [0, 0.05) is 11.0 Å². The maximum absolute atomic E-state index is 13.5. The van der Waals surface area contributed by atoms with E-state index in [0.717, 1.165) is 37.2 Å². The Balaban J connectivity index is 1.75. The number of carbonyl (C=O) groups is 1. The molecule has 0 radical (unpaired) electrons. The molecule has 1 atom stereocenters. The molecule has 0 aromatic heterocycles. The van der Waals surface area contributed by atoms with Crippen molar-refractivity contribution in [1.82, 2.24) is 10.2 Å². The fraction of sp³-hybridized carbons (Fsp3) is 0.350. The molecule has 2 aromatic rings. The Labute approximate surface area is 161 Å². The third-order valence-corrected chi connectivity index (χ3v) is 5.40. The molecule has 0 spiro atoms. The van der Waals surface area contributed by atoms with E-state index in [-0.39, 0.29) is 11.9 Å². The standard InChI is InChI=1S/C20H22BrFN2O2/c1-26-16-7-4-14(5-8-16)19(24-10-2-3-11-24)13-23-20(25)17-12-15(22)6-9-18(17)21/h4-9,12,19H,2-3,10-11,13H2,1H3,(H,23,25). The Hall–Kier alpha value is -1.92. The number of rotatable bonds is 6. The monoisotopic (exact) mass is 420 g/mol. The largest absolute Gasteiger partial charge is 0.497 e. The average Bonchev–Trinajstić information content (AvgIpc) is 3.18. The van der Waals surface area contributed by atoms with Crippen LogP contribution in [0.2, 0.25) is 0 Å². The smallest absolute Gasteiger partial charge is 0.252 e. The van der Waals surface area contributed by atoms with Crippen molar-refractivity contribution in [3.63, 3.8) is 0 Å². The predicted octanol–water partition coefficient (Wildman–Crippen LogP) is 4.16. The highest BCUT2D eigenvalue weighted by molar-refractivity contribution is 9.10. The van der Waals surface area contributed by atoms with Crippen LogP contribution in [0.5, 0.6) is 5.75 Å². The van der Waals surface area contributed by atoms with Crippen LogP contribution in [-0.4, -0.2) is 37.6 Å². The normalized spacial score (nSPS) is 15.7. The highest BCUT2D eigenvalue weighted by Gasteiger charge is 2.24. The molecule has 0 saturated carbocycles. The van der Waals surface area contributed by atoms with Gasteiger partial charge in [-0.2, -0.15) is 0 Å². The van der Waals surface area contributed by atoms with Crippen molar-refractivity contribution in [1.29, 1.82) is 0 Å². The van der Waals surface area contributed by atoms with Crippen LogP contribution in [0.15, 0.2) is 46.9 Å². The van der Waals surface area contributed by atoms with Crippen molar-refractivity contribution < 1.29 is 13.9 Å². The van der Waals surface area contributed by atoms with Crippen molar-refractivity contribution in [2.45, 2.75) is 18.9 Å². The SMILES string of the molecule is COc1ccc(C(CNC(=O)c2cc(F)ccc2Br)N2CCCC2)cc1. The van der Waals surface area contributed by atoms with Crippen LogP contribution in [0.1, 0.15) is 34.8 Å². The minimum atomic E-state index is -0.426. The maximum atomic E-state index is 13.5. The lowest BCUT2D eigenvalue weighted by atomic mass is 10.0. The summed E-state index contributed by atoms with van der Waals surface area (Å²) in [5.74, 6) is 0.0975. The summed E-state index contributed by atoms with van der Waals surface area (Å²) in [6, 6.07) is 12.1. The first kappa shape index (κ1) is 18.9. The number of benzene rings is 2. The fourth-order valence-corrected chi connectivity index (χ4v) is 3.72. The zero-order chi connectivity index (χ0) is 18.5. The summed E-state index contributed by atoms with van der Waals surface area (Å²) >= 11 is 3.31. The number of hydrogen-bond acceptors (Lipinski definition) is 3. The molecular weight excluding hydrogens is 399 g/mol. The van der Waals surface area contributed by atoms with Crippen LogP contribution in [-0.2, 0) is 0 Å². The molecule has 26 heavy (non-hydrogen) atoms. The van der Waals surface area contributed by atoms with E-state index >= 15 is 0 Å². The first-order valence-electron chi connectivity index (χ1n) is 8.69. The van der Waals surface area contributed by atoms with Gasteiger partial charge in [0.05, 0.1) is 18.7 Å². The number of halogens is 2. The van der Waals surface area contributed by atoms with E-state index in [1.165, 1.54) is 12.1 Å². The molecule has 4 nitrogen and oxygen atoms in total. The highest BCUT2D eigenvalue weighted by Crippen LogP contribution is 2.26. The first-order chi connectivity index (χ1) is 12.6. The lowest BCUT2D eigenvalue weighted by Crippen LogP contribution is -2.37. The maximum Gasteiger partial charge on any atom is 0.252 e. The van der Waals surface area contributed by atoms with Crippen LogP contribution < -0.4 is 10.1 Å². The molecule has 6 heteroatoms. The van der Waals surface area contributed by atoms with Crippen LogP contribution in [0.3, 0.4) is 0 Å². The van der Waals surface area contributed by atoms with Crippen LogP contribution in [0, 0.1) is 5.82 Å². The zero-order valence-corrected chi connectivity index (χ0v) is 16.3. The van der Waals surface area contributed by atoms with Gasteiger partial charge in [-0.05, 0) is 77.8 Å². The third kappa shape index (κ3) is 4.43. The zero-order valence-electron chi connectivity index (χ0n) is 14.7. The fourth-order valence-electron chi connectivity index (χ4n) is 3.29. The number of hydrogen-bond donors (Lipinski definition) is 1. The molecule has 3 rings (SSSR count). The van der Waals surface area contributed by atoms with Crippen LogP contribution >= 0.6 is 15.9 Å². The number of amides is 1. The molecule has 1 heterocycles. The second-order valence-corrected chi connectivity index (χ2v) is 7.22. The lowest BCUT2D eigenvalue weighted by molar-refractivity contribution is 0.0936. The number of nitrogens with one attached hydrogen (secondary N) is 1. The van der Waals surface area contributed by atoms with Crippen LogP contribution in [0.4, 0.5) is 4.39 Å². The quantitative estimate of drug-likeness (QED) is 0.762. The number of ether oxygens (including phenoxy) is 1. The molecule has 1 aliphatic heterocycles. The summed E-state index contributed by atoms with van der Waals surface area (Å²) in [4.78, 5) is 14.9. The van der Waals surface area contributed by atoms with E-state index < -0.39 is 5.82 Å². The Morgan fingerprint density at radius 2 is 1.92 bits per heavy atom. The van der Waals surface area contributed by atoms with E-state index in [1.54, 1.807) is 13.2 Å². The van der Waals surface area contributed by atoms with Gasteiger partial charge in [0.25, 0.3) is 5.91 Å². The Kier molecular flexibility index (Phi) is 6.27. The molecule has 1 fully saturated rings. The van der Waals surface area contributed by atoms with E-state index in [4.69, 9.17) is 4.74 Å². The highest BCUT2D eigenvalue weighted by atomic mass is 79.9. The van der Waals surface area contributed by atoms with E-state index in [0.29, 0.717) is 16.6 Å². The van der Waals surface area contributed by atoms with Crippen molar-refractivity contribution in [3.8, 4) is 5.75 Å². The predicted molar refractivity (Wildman–Crippen MR) is 103 cm³/mol. The molecule has 1 N–H and O–H groups in total. The van der Waals surface area contributed by atoms with Crippen molar-refractivity contribution in [2.24, 2.45) is 0 Å². The van der Waals surface area contributed by atoms with E-state index in [2.05, 4.69) is 26.1 Å². The summed E-state index contributed by atoms with van der Waals surface area (Å²) in [6.45, 7) is 2.49. The van der Waals surface area contributed by atoms with Crippen LogP contribution in [0.25, 0.3) is 0 Å². The van der Waals surface area contributed by atoms with Gasteiger partial charge in [0.1, 0.15) is 11.6 Å². The molecule has 1 aliphatic rings. The molecule has 0 aliphatic carbocycles. The summed E-state index contributed by atoms with van der Waals surface area (Å²) < 4.78 is 19.3. The molecule has 0 bridgehead atoms.